The Kier molecular flexibility index (Phi) is 5.58. The first-order chi connectivity index (χ1) is 9.52. The van der Waals surface area contributed by atoms with Gasteiger partial charge in [-0.2, -0.15) is 0 Å². The van der Waals surface area contributed by atoms with Crippen LogP contribution in [0.4, 0.5) is 4.39 Å². The van der Waals surface area contributed by atoms with Crippen LogP contribution in [0.15, 0.2) is 22.7 Å². The minimum Gasteiger partial charge on any atom is -0.317 e. The Labute approximate surface area is 129 Å². The predicted octanol–water partition coefficient (Wildman–Crippen LogP) is 4.11. The molecule has 2 nitrogen and oxygen atoms in total. The Morgan fingerprint density at radius 1 is 1.30 bits per heavy atom. The molecule has 112 valence electrons. The number of rotatable bonds is 4. The van der Waals surface area contributed by atoms with Crippen LogP contribution in [0.3, 0.4) is 0 Å². The van der Waals surface area contributed by atoms with Crippen molar-refractivity contribution in [1.29, 1.82) is 0 Å². The second kappa shape index (κ2) is 7.01. The highest BCUT2D eigenvalue weighted by Crippen LogP contribution is 2.30. The fraction of sp³-hybridized carbons (Fsp3) is 0.625. The summed E-state index contributed by atoms with van der Waals surface area (Å²) in [6.45, 7) is 2.20. The average Bonchev–Trinajstić information content (AvgIpc) is 2.48. The van der Waals surface area contributed by atoms with Crippen LogP contribution in [0.25, 0.3) is 0 Å². The standard InChI is InChI=1S/C16H24BrFN2/c1-11(12-4-9-16(18)15(17)10-12)20(3)14-7-5-13(19-2)6-8-14/h4,9-11,13-14,19H,5-8H2,1-3H3. The molecule has 1 fully saturated rings. The lowest BCUT2D eigenvalue weighted by Crippen LogP contribution is -2.40. The molecule has 1 unspecified atom stereocenters. The lowest BCUT2D eigenvalue weighted by Gasteiger charge is -2.38. The molecular formula is C16H24BrFN2. The van der Waals surface area contributed by atoms with Gasteiger partial charge in [0.2, 0.25) is 0 Å². The van der Waals surface area contributed by atoms with Gasteiger partial charge >= 0.3 is 0 Å². The van der Waals surface area contributed by atoms with Gasteiger partial charge in [-0.05, 0) is 80.3 Å². The molecule has 1 aromatic rings. The van der Waals surface area contributed by atoms with E-state index in [1.54, 1.807) is 6.07 Å². The van der Waals surface area contributed by atoms with Crippen LogP contribution in [-0.2, 0) is 0 Å². The Bertz CT molecular complexity index is 444. The highest BCUT2D eigenvalue weighted by atomic mass is 79.9. The van der Waals surface area contributed by atoms with Crippen molar-refractivity contribution in [2.75, 3.05) is 14.1 Å². The summed E-state index contributed by atoms with van der Waals surface area (Å²) < 4.78 is 13.9. The lowest BCUT2D eigenvalue weighted by molar-refractivity contribution is 0.136. The van der Waals surface area contributed by atoms with Gasteiger partial charge in [0.15, 0.2) is 0 Å². The maximum Gasteiger partial charge on any atom is 0.137 e. The molecule has 1 aliphatic rings. The number of nitrogens with zero attached hydrogens (tertiary/aromatic N) is 1. The Balaban J connectivity index is 2.01. The fourth-order valence-electron chi connectivity index (χ4n) is 3.10. The van der Waals surface area contributed by atoms with Crippen molar-refractivity contribution in [1.82, 2.24) is 10.2 Å². The molecule has 1 aromatic carbocycles. The van der Waals surface area contributed by atoms with Crippen molar-refractivity contribution < 1.29 is 4.39 Å². The van der Waals surface area contributed by atoms with Gasteiger partial charge < -0.3 is 5.32 Å². The van der Waals surface area contributed by atoms with E-state index >= 15 is 0 Å². The van der Waals surface area contributed by atoms with Crippen molar-refractivity contribution in [2.24, 2.45) is 0 Å². The van der Waals surface area contributed by atoms with Gasteiger partial charge in [0.25, 0.3) is 0 Å². The molecule has 1 aliphatic carbocycles. The van der Waals surface area contributed by atoms with Crippen LogP contribution in [0, 0.1) is 5.82 Å². The molecule has 20 heavy (non-hydrogen) atoms. The summed E-state index contributed by atoms with van der Waals surface area (Å²) in [5.41, 5.74) is 1.16. The second-order valence-electron chi connectivity index (χ2n) is 5.81. The first-order valence-electron chi connectivity index (χ1n) is 7.37. The maximum absolute atomic E-state index is 13.3. The minimum atomic E-state index is -0.196. The van der Waals surface area contributed by atoms with Crippen molar-refractivity contribution in [2.45, 2.75) is 50.7 Å². The monoisotopic (exact) mass is 342 g/mol. The molecule has 4 heteroatoms. The summed E-state index contributed by atoms with van der Waals surface area (Å²) in [6, 6.07) is 6.94. The highest BCUT2D eigenvalue weighted by Gasteiger charge is 2.26. The van der Waals surface area contributed by atoms with Crippen LogP contribution in [-0.4, -0.2) is 31.1 Å². The maximum atomic E-state index is 13.3. The van der Waals surface area contributed by atoms with Gasteiger partial charge in [0.1, 0.15) is 5.82 Å². The van der Waals surface area contributed by atoms with Gasteiger partial charge in [-0.3, -0.25) is 4.90 Å². The Morgan fingerprint density at radius 2 is 1.95 bits per heavy atom. The van der Waals surface area contributed by atoms with Crippen molar-refractivity contribution in [3.8, 4) is 0 Å². The van der Waals surface area contributed by atoms with E-state index in [-0.39, 0.29) is 5.82 Å². The molecule has 2 rings (SSSR count). The van der Waals surface area contributed by atoms with E-state index in [9.17, 15) is 4.39 Å². The van der Waals surface area contributed by atoms with Crippen LogP contribution in [0.5, 0.6) is 0 Å². The van der Waals surface area contributed by atoms with Gasteiger partial charge in [-0.15, -0.1) is 0 Å². The smallest absolute Gasteiger partial charge is 0.137 e. The topological polar surface area (TPSA) is 15.3 Å². The molecule has 0 saturated heterocycles. The number of nitrogens with one attached hydrogen (secondary N) is 1. The van der Waals surface area contributed by atoms with E-state index in [2.05, 4.69) is 40.1 Å². The third-order valence-electron chi connectivity index (χ3n) is 4.72. The summed E-state index contributed by atoms with van der Waals surface area (Å²) in [4.78, 5) is 2.44. The SMILES string of the molecule is CNC1CCC(N(C)C(C)c2ccc(F)c(Br)c2)CC1. The molecule has 1 saturated carbocycles. The molecule has 0 aromatic heterocycles. The zero-order chi connectivity index (χ0) is 14.7. The number of benzene rings is 1. The summed E-state index contributed by atoms with van der Waals surface area (Å²) in [7, 11) is 4.24. The third-order valence-corrected chi connectivity index (χ3v) is 5.33. The molecule has 0 radical (unpaired) electrons. The molecule has 0 heterocycles. The van der Waals surface area contributed by atoms with Crippen LogP contribution in [0.2, 0.25) is 0 Å². The summed E-state index contributed by atoms with van der Waals surface area (Å²) in [5.74, 6) is -0.196. The third kappa shape index (κ3) is 3.60. The number of hydrogen-bond donors (Lipinski definition) is 1. The van der Waals surface area contributed by atoms with E-state index in [0.717, 1.165) is 5.56 Å². The first-order valence-corrected chi connectivity index (χ1v) is 8.16. The Morgan fingerprint density at radius 3 is 2.50 bits per heavy atom. The van der Waals surface area contributed by atoms with Crippen molar-refractivity contribution in [3.63, 3.8) is 0 Å². The summed E-state index contributed by atoms with van der Waals surface area (Å²) >= 11 is 3.27. The molecular weight excluding hydrogens is 319 g/mol. The van der Waals surface area contributed by atoms with Gasteiger partial charge in [0, 0.05) is 18.1 Å². The Hall–Kier alpha value is -0.450. The van der Waals surface area contributed by atoms with Crippen molar-refractivity contribution in [3.05, 3.63) is 34.1 Å². The van der Waals surface area contributed by atoms with E-state index < -0.39 is 0 Å². The van der Waals surface area contributed by atoms with Crippen molar-refractivity contribution >= 4 is 15.9 Å². The number of hydrogen-bond acceptors (Lipinski definition) is 2. The van der Waals surface area contributed by atoms with E-state index in [4.69, 9.17) is 0 Å². The van der Waals surface area contributed by atoms with E-state index in [1.807, 2.05) is 19.2 Å². The fourth-order valence-corrected chi connectivity index (χ4v) is 3.49. The van der Waals surface area contributed by atoms with E-state index in [0.29, 0.717) is 22.6 Å². The average molecular weight is 343 g/mol. The minimum absolute atomic E-state index is 0.196. The predicted molar refractivity (Wildman–Crippen MR) is 85.4 cm³/mol. The van der Waals surface area contributed by atoms with Crippen LogP contribution in [0.1, 0.15) is 44.2 Å². The zero-order valence-corrected chi connectivity index (χ0v) is 14.1. The largest absolute Gasteiger partial charge is 0.317 e. The molecule has 0 spiro atoms. The zero-order valence-electron chi connectivity index (χ0n) is 12.5. The van der Waals surface area contributed by atoms with E-state index in [1.165, 1.54) is 25.7 Å². The number of halogens is 2. The normalized spacial score (nSPS) is 24.9. The molecule has 0 aliphatic heterocycles. The van der Waals surface area contributed by atoms with Gasteiger partial charge in [-0.25, -0.2) is 4.39 Å². The first kappa shape index (κ1) is 15.9. The van der Waals surface area contributed by atoms with Gasteiger partial charge in [0.05, 0.1) is 4.47 Å². The molecule has 0 amide bonds. The lowest BCUT2D eigenvalue weighted by atomic mass is 9.89. The second-order valence-corrected chi connectivity index (χ2v) is 6.66. The molecule has 0 bridgehead atoms. The van der Waals surface area contributed by atoms with Crippen LogP contribution < -0.4 is 5.32 Å². The summed E-state index contributed by atoms with van der Waals surface area (Å²) in [6.07, 6.45) is 4.94. The molecule has 1 atom stereocenters. The molecule has 1 N–H and O–H groups in total. The highest BCUT2D eigenvalue weighted by molar-refractivity contribution is 9.10. The summed E-state index contributed by atoms with van der Waals surface area (Å²) in [5, 5.41) is 3.37. The van der Waals surface area contributed by atoms with Crippen LogP contribution >= 0.6 is 15.9 Å². The van der Waals surface area contributed by atoms with Gasteiger partial charge in [-0.1, -0.05) is 6.07 Å². The quantitative estimate of drug-likeness (QED) is 0.885.